The predicted molar refractivity (Wildman–Crippen MR) is 214 cm³/mol. The molecule has 11 nitrogen and oxygen atoms in total. The van der Waals surface area contributed by atoms with Gasteiger partial charge in [0.1, 0.15) is 16.8 Å². The minimum absolute atomic E-state index is 0.0340. The van der Waals surface area contributed by atoms with E-state index in [2.05, 4.69) is 72.5 Å². The van der Waals surface area contributed by atoms with Crippen LogP contribution in [-0.2, 0) is 42.2 Å². The molecule has 0 N–H and O–H groups in total. The fraction of sp³-hybridized carbons (Fsp3) is 0.900. The van der Waals surface area contributed by atoms with E-state index < -0.39 is 40.1 Å². The topological polar surface area (TPSA) is 141 Å². The zero-order valence-corrected chi connectivity index (χ0v) is 39.1. The van der Waals surface area contributed by atoms with Crippen molar-refractivity contribution in [2.45, 2.75) is 227 Å². The molecule has 312 valence electrons. The van der Waals surface area contributed by atoms with E-state index in [1.54, 1.807) is 41.5 Å². The van der Waals surface area contributed by atoms with Crippen LogP contribution >= 0.6 is 0 Å². The van der Waals surface area contributed by atoms with Crippen LogP contribution in [-0.4, -0.2) is 70.1 Å². The van der Waals surface area contributed by atoms with Crippen LogP contribution in [0.15, 0.2) is 0 Å². The van der Waals surface area contributed by atoms with Gasteiger partial charge in [-0.2, -0.15) is 9.59 Å². The first-order chi connectivity index (χ1) is 23.6. The first kappa shape index (κ1) is 53.0. The van der Waals surface area contributed by atoms with Gasteiger partial charge in [-0.05, 0) is 137 Å². The first-order valence-electron chi connectivity index (χ1n) is 19.3. The van der Waals surface area contributed by atoms with Gasteiger partial charge < -0.3 is 27.8 Å². The van der Waals surface area contributed by atoms with Gasteiger partial charge in [0.05, 0.1) is 5.92 Å². The maximum Gasteiger partial charge on any atom is 0.519 e. The molecule has 0 unspecified atom stereocenters. The molecule has 0 aromatic heterocycles. The van der Waals surface area contributed by atoms with Gasteiger partial charge in [0.15, 0.2) is 16.6 Å². The van der Waals surface area contributed by atoms with Crippen LogP contribution in [0.1, 0.15) is 162 Å². The maximum absolute atomic E-state index is 12.1. The summed E-state index contributed by atoms with van der Waals surface area (Å²) in [6, 6.07) is 0. The van der Waals surface area contributed by atoms with Crippen molar-refractivity contribution in [2.24, 2.45) is 5.92 Å². The highest BCUT2D eigenvalue weighted by molar-refractivity contribution is 6.74. The molecule has 2 fully saturated rings. The summed E-state index contributed by atoms with van der Waals surface area (Å²) in [5, 5.41) is 0.611. The Morgan fingerprint density at radius 2 is 0.792 bits per heavy atom. The molecule has 2 aliphatic carbocycles. The molecule has 13 heteroatoms. The van der Waals surface area contributed by atoms with Crippen molar-refractivity contribution in [3.63, 3.8) is 0 Å². The zero-order valence-electron chi connectivity index (χ0n) is 37.1. The summed E-state index contributed by atoms with van der Waals surface area (Å²) in [5.74, 6) is 0.0248. The van der Waals surface area contributed by atoms with Gasteiger partial charge in [0, 0.05) is 12.2 Å². The van der Waals surface area contributed by atoms with Gasteiger partial charge in [-0.15, -0.1) is 0 Å². The lowest BCUT2D eigenvalue weighted by molar-refractivity contribution is -0.191. The highest BCUT2D eigenvalue weighted by Crippen LogP contribution is 2.40. The normalized spacial score (nSPS) is 18.9. The number of carbonyl (C=O) groups excluding carboxylic acids is 5. The first-order valence-corrected chi connectivity index (χ1v) is 25.1. The number of carbonyl (C=O) groups is 3. The van der Waals surface area contributed by atoms with Crippen molar-refractivity contribution in [1.29, 1.82) is 0 Å². The van der Waals surface area contributed by atoms with E-state index in [0.29, 0.717) is 17.2 Å². The second-order valence-electron chi connectivity index (χ2n) is 20.1. The van der Waals surface area contributed by atoms with Gasteiger partial charge in [0.2, 0.25) is 0 Å². The summed E-state index contributed by atoms with van der Waals surface area (Å²) in [6.07, 6.45) is 9.55. The Hall–Kier alpha value is -2.06. The highest BCUT2D eigenvalue weighted by atomic mass is 28.4. The van der Waals surface area contributed by atoms with Crippen molar-refractivity contribution in [1.82, 2.24) is 0 Å². The van der Waals surface area contributed by atoms with Crippen molar-refractivity contribution < 1.29 is 51.8 Å². The van der Waals surface area contributed by atoms with Crippen molar-refractivity contribution in [3.8, 4) is 0 Å². The Balaban J connectivity index is 0. The third kappa shape index (κ3) is 25.6. The number of hydrogen-bond donors (Lipinski definition) is 0. The molecule has 2 aliphatic rings. The van der Waals surface area contributed by atoms with Crippen LogP contribution < -0.4 is 0 Å². The molecule has 2 rings (SSSR count). The van der Waals surface area contributed by atoms with Crippen molar-refractivity contribution in [2.75, 3.05) is 0 Å². The average Bonchev–Trinajstić information content (AvgIpc) is 2.90. The number of ether oxygens (including phenoxy) is 4. The summed E-state index contributed by atoms with van der Waals surface area (Å²) in [4.78, 5) is 50.4. The van der Waals surface area contributed by atoms with Gasteiger partial charge >= 0.3 is 24.4 Å². The molecular formula is C40H78O11Si2. The van der Waals surface area contributed by atoms with E-state index in [0.717, 1.165) is 25.7 Å². The summed E-state index contributed by atoms with van der Waals surface area (Å²) in [6.45, 7) is 38.9. The largest absolute Gasteiger partial charge is 0.519 e. The number of esters is 1. The minimum Gasteiger partial charge on any atom is -0.460 e. The Morgan fingerprint density at radius 3 is 1.08 bits per heavy atom. The molecule has 0 saturated heterocycles. The fourth-order valence-corrected chi connectivity index (χ4v) is 7.63. The molecule has 53 heavy (non-hydrogen) atoms. The lowest BCUT2D eigenvalue weighted by Gasteiger charge is -2.41. The molecule has 0 amide bonds. The fourth-order valence-electron chi connectivity index (χ4n) is 4.78. The molecule has 0 bridgehead atoms. The van der Waals surface area contributed by atoms with Gasteiger partial charge in [-0.25, -0.2) is 9.59 Å². The van der Waals surface area contributed by atoms with Gasteiger partial charge in [-0.3, -0.25) is 4.79 Å². The smallest absolute Gasteiger partial charge is 0.460 e. The van der Waals surface area contributed by atoms with Crippen LogP contribution in [0.25, 0.3) is 0 Å². The van der Waals surface area contributed by atoms with E-state index in [1.807, 2.05) is 20.8 Å². The average molecular weight is 791 g/mol. The Morgan fingerprint density at radius 1 is 0.491 bits per heavy atom. The minimum atomic E-state index is -1.70. The zero-order chi connectivity index (χ0) is 42.3. The van der Waals surface area contributed by atoms with Crippen LogP contribution in [0.5, 0.6) is 0 Å². The number of hydrogen-bond acceptors (Lipinski definition) is 11. The van der Waals surface area contributed by atoms with E-state index in [4.69, 9.17) is 32.7 Å². The summed E-state index contributed by atoms with van der Waals surface area (Å²) in [5.41, 5.74) is -1.77. The molecule has 0 spiro atoms. The third-order valence-corrected chi connectivity index (χ3v) is 18.5. The molecule has 2 saturated carbocycles. The van der Waals surface area contributed by atoms with Crippen LogP contribution in [0.2, 0.25) is 36.3 Å². The van der Waals surface area contributed by atoms with Crippen molar-refractivity contribution in [3.05, 3.63) is 0 Å². The maximum atomic E-state index is 12.1. The second-order valence-corrected chi connectivity index (χ2v) is 29.7. The molecule has 0 radical (unpaired) electrons. The molecule has 0 aliphatic heterocycles. The predicted octanol–water partition coefficient (Wildman–Crippen LogP) is 11.5. The van der Waals surface area contributed by atoms with Crippen molar-refractivity contribution >= 4 is 41.1 Å². The lowest BCUT2D eigenvalue weighted by atomic mass is 9.87. The molecule has 0 aromatic rings. The Kier molecular flexibility index (Phi) is 21.9. The molecule has 0 atom stereocenters. The lowest BCUT2D eigenvalue weighted by Crippen LogP contribution is -2.45. The SMILES string of the molecule is CC(C)(C)OC(=O)C1CCC(O[Si](C)(C)C(C)(C)C)CC1.CC(C)(C)OC(=O)OC(=O)OC(C)(C)C.CC(C)(C)[Si](C)(C)OC1CCCCC1.O=C=O. The monoisotopic (exact) mass is 791 g/mol. The molecule has 0 heterocycles. The second kappa shape index (κ2) is 21.9. The molecular weight excluding hydrogens is 713 g/mol. The van der Waals surface area contributed by atoms with Crippen LogP contribution in [0.4, 0.5) is 9.59 Å². The van der Waals surface area contributed by atoms with E-state index in [9.17, 15) is 14.4 Å². The highest BCUT2D eigenvalue weighted by Gasteiger charge is 2.41. The van der Waals surface area contributed by atoms with E-state index in [1.165, 1.54) is 32.1 Å². The standard InChI is InChI=1S/C17H34O3Si.C12H26OSi.C10H18O5.CO2/c1-16(2,3)19-15(18)13-9-11-14(12-10-13)20-21(7,8)17(4,5)6;1-12(2,3)14(4,5)13-11-9-7-6-8-10-11;1-9(2,3)14-7(11)13-8(12)15-10(4,5)6;2-1-3/h13-14H,9-12H2,1-8H3;11H,6-10H2,1-5H3;1-6H3;. The molecule has 0 aromatic carbocycles. The summed E-state index contributed by atoms with van der Waals surface area (Å²) < 4.78 is 32.1. The Bertz CT molecular complexity index is 1100. The van der Waals surface area contributed by atoms with Gasteiger partial charge in [0.25, 0.3) is 0 Å². The third-order valence-electron chi connectivity index (χ3n) is 9.45. The summed E-state index contributed by atoms with van der Waals surface area (Å²) >= 11 is 0. The quantitative estimate of drug-likeness (QED) is 0.114. The van der Waals surface area contributed by atoms with E-state index in [-0.39, 0.29) is 28.7 Å². The number of rotatable bonds is 5. The van der Waals surface area contributed by atoms with E-state index >= 15 is 0 Å². The van der Waals surface area contributed by atoms with Crippen LogP contribution in [0, 0.1) is 5.92 Å². The van der Waals surface area contributed by atoms with Crippen LogP contribution in [0.3, 0.4) is 0 Å². The summed E-state index contributed by atoms with van der Waals surface area (Å²) in [7, 11) is -3.19. The van der Waals surface area contributed by atoms with Gasteiger partial charge in [-0.1, -0.05) is 60.8 Å². The Labute approximate surface area is 324 Å².